The number of nitrogens with one attached hydrogen (secondary N) is 1. The predicted molar refractivity (Wildman–Crippen MR) is 75.1 cm³/mol. The Balaban J connectivity index is 2.17. The number of thioether (sulfide) groups is 1. The number of aliphatic hydroxyl groups excluding tert-OH is 2. The molecule has 0 aliphatic rings. The minimum atomic E-state index is -0.700. The summed E-state index contributed by atoms with van der Waals surface area (Å²) in [7, 11) is 3.64. The van der Waals surface area contributed by atoms with E-state index in [1.807, 2.05) is 7.05 Å². The van der Waals surface area contributed by atoms with Crippen LogP contribution in [0.5, 0.6) is 0 Å². The Labute approximate surface area is 115 Å². The molecular formula is C11H17N5O2S. The molecule has 0 fully saturated rings. The highest BCUT2D eigenvalue weighted by molar-refractivity contribution is 7.98. The number of aliphatic hydroxyl groups is 2. The quantitative estimate of drug-likeness (QED) is 0.686. The maximum absolute atomic E-state index is 9.28. The molecule has 3 N–H and O–H groups in total. The lowest BCUT2D eigenvalue weighted by molar-refractivity contribution is 0.113. The Hall–Kier alpha value is -1.38. The van der Waals surface area contributed by atoms with Crippen LogP contribution in [-0.4, -0.2) is 55.5 Å². The minimum absolute atomic E-state index is 0.226. The largest absolute Gasteiger partial charge is 0.394 e. The zero-order valence-electron chi connectivity index (χ0n) is 10.9. The topological polar surface area (TPSA) is 96.1 Å². The third-order valence-corrected chi connectivity index (χ3v) is 3.71. The molecule has 0 aliphatic carbocycles. The van der Waals surface area contributed by atoms with Crippen molar-refractivity contribution in [3.63, 3.8) is 0 Å². The average Bonchev–Trinajstić information content (AvgIpc) is 2.79. The summed E-state index contributed by atoms with van der Waals surface area (Å²) in [5.74, 6) is 2.46. The van der Waals surface area contributed by atoms with Gasteiger partial charge in [0.2, 0.25) is 0 Å². The fraction of sp³-hybridized carbons (Fsp3) is 0.545. The molecule has 0 spiro atoms. The molecule has 1 unspecified atom stereocenters. The van der Waals surface area contributed by atoms with Crippen molar-refractivity contribution in [1.29, 1.82) is 0 Å². The van der Waals surface area contributed by atoms with E-state index in [-0.39, 0.29) is 6.61 Å². The number of aryl methyl sites for hydroxylation is 1. The summed E-state index contributed by atoms with van der Waals surface area (Å²) in [6.45, 7) is -0.226. The van der Waals surface area contributed by atoms with Gasteiger partial charge in [0.25, 0.3) is 0 Å². The van der Waals surface area contributed by atoms with Crippen molar-refractivity contribution >= 4 is 28.6 Å². The first-order chi connectivity index (χ1) is 9.15. The molecule has 104 valence electrons. The second-order valence-electron chi connectivity index (χ2n) is 4.10. The van der Waals surface area contributed by atoms with E-state index in [0.29, 0.717) is 17.3 Å². The summed E-state index contributed by atoms with van der Waals surface area (Å²) in [6.07, 6.45) is 1.03. The highest BCUT2D eigenvalue weighted by atomic mass is 32.2. The molecule has 0 saturated carbocycles. The number of hydrogen-bond donors (Lipinski definition) is 3. The van der Waals surface area contributed by atoms with Gasteiger partial charge in [0, 0.05) is 19.8 Å². The van der Waals surface area contributed by atoms with E-state index < -0.39 is 6.10 Å². The summed E-state index contributed by atoms with van der Waals surface area (Å²) in [5.41, 5.74) is 0.776. The van der Waals surface area contributed by atoms with Crippen molar-refractivity contribution in [3.05, 3.63) is 12.0 Å². The first kappa shape index (κ1) is 14.0. The zero-order chi connectivity index (χ0) is 13.8. The second-order valence-corrected chi connectivity index (χ2v) is 5.13. The molecule has 0 aliphatic heterocycles. The average molecular weight is 283 g/mol. The van der Waals surface area contributed by atoms with Gasteiger partial charge in [0.1, 0.15) is 11.6 Å². The molecule has 0 saturated heterocycles. The molecule has 2 aromatic heterocycles. The van der Waals surface area contributed by atoms with Gasteiger partial charge in [-0.05, 0) is 0 Å². The predicted octanol–water partition coefficient (Wildman–Crippen LogP) is -0.00860. The van der Waals surface area contributed by atoms with Gasteiger partial charge in [-0.25, -0.2) is 9.97 Å². The van der Waals surface area contributed by atoms with Gasteiger partial charge in [-0.2, -0.15) is 16.9 Å². The summed E-state index contributed by atoms with van der Waals surface area (Å²) < 4.78 is 1.70. The Morgan fingerprint density at radius 1 is 1.47 bits per heavy atom. The van der Waals surface area contributed by atoms with Gasteiger partial charge in [-0.3, -0.25) is 4.68 Å². The number of anilines is 1. The Bertz CT molecular complexity index is 559. The van der Waals surface area contributed by atoms with Gasteiger partial charge in [0.05, 0.1) is 30.0 Å². The highest BCUT2D eigenvalue weighted by Gasteiger charge is 2.11. The van der Waals surface area contributed by atoms with Crippen LogP contribution in [0.4, 0.5) is 5.82 Å². The maximum atomic E-state index is 9.28. The Kier molecular flexibility index (Phi) is 4.56. The van der Waals surface area contributed by atoms with Crippen LogP contribution in [0.1, 0.15) is 5.82 Å². The number of hydrogen-bond acceptors (Lipinski definition) is 7. The lowest BCUT2D eigenvalue weighted by Crippen LogP contribution is -2.15. The Morgan fingerprint density at radius 3 is 2.95 bits per heavy atom. The number of rotatable bonds is 6. The van der Waals surface area contributed by atoms with Gasteiger partial charge < -0.3 is 15.5 Å². The molecule has 7 nitrogen and oxygen atoms in total. The lowest BCUT2D eigenvalue weighted by Gasteiger charge is -2.07. The monoisotopic (exact) mass is 283 g/mol. The van der Waals surface area contributed by atoms with Gasteiger partial charge in [0.15, 0.2) is 5.65 Å². The summed E-state index contributed by atoms with van der Waals surface area (Å²) >= 11 is 1.48. The van der Waals surface area contributed by atoms with Crippen molar-refractivity contribution in [1.82, 2.24) is 19.7 Å². The lowest BCUT2D eigenvalue weighted by atomic mass is 10.4. The van der Waals surface area contributed by atoms with E-state index in [9.17, 15) is 5.11 Å². The summed E-state index contributed by atoms with van der Waals surface area (Å²) in [4.78, 5) is 8.87. The minimum Gasteiger partial charge on any atom is -0.394 e. The zero-order valence-corrected chi connectivity index (χ0v) is 11.7. The van der Waals surface area contributed by atoms with Crippen LogP contribution in [0.3, 0.4) is 0 Å². The van der Waals surface area contributed by atoms with Gasteiger partial charge in [-0.1, -0.05) is 0 Å². The molecule has 8 heteroatoms. The van der Waals surface area contributed by atoms with E-state index in [4.69, 9.17) is 5.11 Å². The maximum Gasteiger partial charge on any atom is 0.163 e. The molecule has 0 bridgehead atoms. The second kappa shape index (κ2) is 6.18. The first-order valence-corrected chi connectivity index (χ1v) is 7.04. The molecule has 2 aromatic rings. The van der Waals surface area contributed by atoms with Gasteiger partial charge in [-0.15, -0.1) is 0 Å². The van der Waals surface area contributed by atoms with E-state index in [0.717, 1.165) is 16.9 Å². The molecular weight excluding hydrogens is 266 g/mol. The number of nitrogens with zero attached hydrogens (tertiary/aromatic N) is 4. The molecule has 19 heavy (non-hydrogen) atoms. The standard InChI is InChI=1S/C11H17N5O2S/c1-12-10-8-3-13-16(2)11(8)15-9(14-10)6-19-5-7(18)4-17/h3,7,17-18H,4-6H2,1-2H3,(H,12,14,15). The van der Waals surface area contributed by atoms with Crippen LogP contribution < -0.4 is 5.32 Å². The molecule has 1 atom stereocenters. The third-order valence-electron chi connectivity index (χ3n) is 2.63. The van der Waals surface area contributed by atoms with E-state index in [2.05, 4.69) is 20.4 Å². The van der Waals surface area contributed by atoms with Gasteiger partial charge >= 0.3 is 0 Å². The molecule has 0 radical (unpaired) electrons. The van der Waals surface area contributed by atoms with Crippen LogP contribution >= 0.6 is 11.8 Å². The smallest absolute Gasteiger partial charge is 0.163 e. The van der Waals surface area contributed by atoms with Crippen molar-refractivity contribution < 1.29 is 10.2 Å². The first-order valence-electron chi connectivity index (χ1n) is 5.88. The Morgan fingerprint density at radius 2 is 2.26 bits per heavy atom. The fourth-order valence-corrected chi connectivity index (χ4v) is 2.47. The van der Waals surface area contributed by atoms with E-state index in [1.165, 1.54) is 11.8 Å². The van der Waals surface area contributed by atoms with Crippen molar-refractivity contribution in [2.75, 3.05) is 24.7 Å². The van der Waals surface area contributed by atoms with Crippen LogP contribution in [0.2, 0.25) is 0 Å². The van der Waals surface area contributed by atoms with Crippen LogP contribution in [-0.2, 0) is 12.8 Å². The van der Waals surface area contributed by atoms with Crippen molar-refractivity contribution in [2.24, 2.45) is 7.05 Å². The molecule has 0 aromatic carbocycles. The number of fused-ring (bicyclic) bond motifs is 1. The highest BCUT2D eigenvalue weighted by Crippen LogP contribution is 2.20. The van der Waals surface area contributed by atoms with E-state index in [1.54, 1.807) is 17.9 Å². The fourth-order valence-electron chi connectivity index (χ4n) is 1.66. The van der Waals surface area contributed by atoms with Crippen LogP contribution in [0, 0.1) is 0 Å². The normalized spacial score (nSPS) is 12.8. The SMILES string of the molecule is CNc1nc(CSCC(O)CO)nc2c1cnn2C. The van der Waals surface area contributed by atoms with Crippen LogP contribution in [0.15, 0.2) is 6.20 Å². The summed E-state index contributed by atoms with van der Waals surface area (Å²) in [5, 5.41) is 26.1. The van der Waals surface area contributed by atoms with Crippen LogP contribution in [0.25, 0.3) is 11.0 Å². The summed E-state index contributed by atoms with van der Waals surface area (Å²) in [6, 6.07) is 0. The van der Waals surface area contributed by atoms with E-state index >= 15 is 0 Å². The molecule has 0 amide bonds. The van der Waals surface area contributed by atoms with Crippen molar-refractivity contribution in [3.8, 4) is 0 Å². The molecule has 2 rings (SSSR count). The third kappa shape index (κ3) is 3.14. The van der Waals surface area contributed by atoms with Crippen molar-refractivity contribution in [2.45, 2.75) is 11.9 Å². The molecule has 2 heterocycles. The number of aromatic nitrogens is 4.